The van der Waals surface area contributed by atoms with E-state index in [2.05, 4.69) is 5.32 Å². The van der Waals surface area contributed by atoms with Crippen molar-refractivity contribution >= 4 is 33.4 Å². The third kappa shape index (κ3) is 6.15. The molecule has 1 unspecified atom stereocenters. The van der Waals surface area contributed by atoms with Crippen LogP contribution in [-0.4, -0.2) is 60.8 Å². The molecule has 16 heteroatoms. The fraction of sp³-hybridized carbons (Fsp3) is 0.480. The molecule has 7 nitrogen and oxygen atoms in total. The lowest BCUT2D eigenvalue weighted by Gasteiger charge is -2.39. The number of anilines is 1. The summed E-state index contributed by atoms with van der Waals surface area (Å²) in [5.74, 6) is -1.53. The first-order chi connectivity index (χ1) is 18.9. The highest BCUT2D eigenvalue weighted by molar-refractivity contribution is 8.00. The summed E-state index contributed by atoms with van der Waals surface area (Å²) in [6, 6.07) is 3.71. The molecule has 1 saturated carbocycles. The van der Waals surface area contributed by atoms with E-state index in [-0.39, 0.29) is 22.4 Å². The average Bonchev–Trinajstić information content (AvgIpc) is 2.88. The van der Waals surface area contributed by atoms with Gasteiger partial charge in [-0.15, -0.1) is 11.8 Å². The third-order valence-corrected chi connectivity index (χ3v) is 10.1. The van der Waals surface area contributed by atoms with E-state index in [4.69, 9.17) is 0 Å². The van der Waals surface area contributed by atoms with E-state index in [1.54, 1.807) is 0 Å². The number of fused-ring (bicyclic) bond motifs is 1. The van der Waals surface area contributed by atoms with Crippen molar-refractivity contribution in [3.8, 4) is 0 Å². The molecule has 226 valence electrons. The number of aliphatic hydroxyl groups excluding tert-OH is 1. The maximum absolute atomic E-state index is 13.7. The number of carbonyl (C=O) groups excluding carboxylic acids is 1. The van der Waals surface area contributed by atoms with Crippen LogP contribution in [0.5, 0.6) is 0 Å². The number of carbonyl (C=O) groups is 1. The van der Waals surface area contributed by atoms with Gasteiger partial charge in [-0.3, -0.25) is 9.10 Å². The Morgan fingerprint density at radius 3 is 2.12 bits per heavy atom. The maximum Gasteiger partial charge on any atom is 0.430 e. The first-order valence-corrected chi connectivity index (χ1v) is 14.8. The highest BCUT2D eigenvalue weighted by Gasteiger charge is 2.71. The molecule has 0 radical (unpaired) electrons. The minimum atomic E-state index is -6.14. The molecule has 2 aliphatic rings. The Labute approximate surface area is 234 Å². The number of amides is 1. The minimum Gasteiger partial charge on any atom is -0.393 e. The van der Waals surface area contributed by atoms with Crippen molar-refractivity contribution in [3.05, 3.63) is 53.8 Å². The van der Waals surface area contributed by atoms with Crippen LogP contribution in [-0.2, 0) is 20.4 Å². The summed E-state index contributed by atoms with van der Waals surface area (Å²) in [7, 11) is -4.60. The highest BCUT2D eigenvalue weighted by atomic mass is 32.2. The lowest BCUT2D eigenvalue weighted by molar-refractivity contribution is -0.376. The lowest BCUT2D eigenvalue weighted by Crippen LogP contribution is -2.54. The number of halogens is 7. The molecule has 2 aromatic rings. The third-order valence-electron chi connectivity index (χ3n) is 7.05. The minimum absolute atomic E-state index is 0.232. The molecular formula is C25H25F7N2O5S2. The molecule has 1 fully saturated rings. The van der Waals surface area contributed by atoms with Gasteiger partial charge in [-0.05, 0) is 62.1 Å². The largest absolute Gasteiger partial charge is 0.430 e. The molecule has 1 amide bonds. The number of rotatable bonds is 6. The standard InChI is InChI=1S/C25H25F7N2O5S2/c26-15-2-8-19(9-3-15)41(38,39)34-17(12-22(36)33-16-4-6-18(35)7-5-16)13-40-21-11-14(1-10-20(21)34)23(37,24(27,28)29)25(30,31)32/h1-3,8-11,16-18,35,37H,4-7,12-13H2,(H,33,36). The van der Waals surface area contributed by atoms with Crippen LogP contribution in [0.2, 0.25) is 0 Å². The van der Waals surface area contributed by atoms with Crippen molar-refractivity contribution in [2.24, 2.45) is 0 Å². The van der Waals surface area contributed by atoms with Crippen LogP contribution in [0.25, 0.3) is 0 Å². The second-order valence-electron chi connectivity index (χ2n) is 9.89. The van der Waals surface area contributed by atoms with Gasteiger partial charge in [0.15, 0.2) is 0 Å². The summed E-state index contributed by atoms with van der Waals surface area (Å²) in [5, 5.41) is 22.3. The van der Waals surface area contributed by atoms with Crippen molar-refractivity contribution in [2.75, 3.05) is 10.1 Å². The van der Waals surface area contributed by atoms with Gasteiger partial charge in [0.1, 0.15) is 5.82 Å². The smallest absolute Gasteiger partial charge is 0.393 e. The van der Waals surface area contributed by atoms with Crippen molar-refractivity contribution in [2.45, 2.75) is 78.0 Å². The van der Waals surface area contributed by atoms with E-state index in [1.807, 2.05) is 0 Å². The number of sulfonamides is 1. The number of nitrogens with one attached hydrogen (secondary N) is 1. The van der Waals surface area contributed by atoms with Crippen LogP contribution >= 0.6 is 11.8 Å². The summed E-state index contributed by atoms with van der Waals surface area (Å²) < 4.78 is 123. The number of nitrogens with zero attached hydrogens (tertiary/aromatic N) is 1. The van der Waals surface area contributed by atoms with Crippen molar-refractivity contribution in [1.82, 2.24) is 5.32 Å². The van der Waals surface area contributed by atoms with E-state index in [1.165, 1.54) is 0 Å². The van der Waals surface area contributed by atoms with E-state index >= 15 is 0 Å². The van der Waals surface area contributed by atoms with Gasteiger partial charge in [-0.1, -0.05) is 6.07 Å². The van der Waals surface area contributed by atoms with Crippen LogP contribution in [0.15, 0.2) is 52.3 Å². The lowest BCUT2D eigenvalue weighted by atomic mass is 9.92. The van der Waals surface area contributed by atoms with Gasteiger partial charge in [0, 0.05) is 28.7 Å². The predicted molar refractivity (Wildman–Crippen MR) is 134 cm³/mol. The van der Waals surface area contributed by atoms with E-state index in [0.29, 0.717) is 43.9 Å². The van der Waals surface area contributed by atoms with Crippen LogP contribution in [0, 0.1) is 5.82 Å². The molecule has 1 aliphatic heterocycles. The molecule has 1 atom stereocenters. The molecule has 3 N–H and O–H groups in total. The molecule has 0 bridgehead atoms. The molecule has 0 spiro atoms. The second kappa shape index (κ2) is 11.3. The number of benzene rings is 2. The summed E-state index contributed by atoms with van der Waals surface area (Å²) in [6.07, 6.45) is -11.2. The van der Waals surface area contributed by atoms with Crippen LogP contribution in [0.1, 0.15) is 37.7 Å². The van der Waals surface area contributed by atoms with Gasteiger partial charge in [-0.2, -0.15) is 26.3 Å². The van der Waals surface area contributed by atoms with Gasteiger partial charge in [0.25, 0.3) is 15.6 Å². The summed E-state index contributed by atoms with van der Waals surface area (Å²) >= 11 is 0.729. The number of hydrogen-bond donors (Lipinski definition) is 3. The molecule has 2 aromatic carbocycles. The SMILES string of the molecule is O=C(CC1CSc2cc(C(O)(C(F)(F)F)C(F)(F)F)ccc2N1S(=O)(=O)c1ccc(F)cc1)NC1CCC(O)CC1. The topological polar surface area (TPSA) is 107 Å². The molecule has 41 heavy (non-hydrogen) atoms. The highest BCUT2D eigenvalue weighted by Crippen LogP contribution is 2.52. The monoisotopic (exact) mass is 630 g/mol. The maximum atomic E-state index is 13.7. The zero-order chi connectivity index (χ0) is 30.4. The quantitative estimate of drug-likeness (QED) is 0.403. The fourth-order valence-corrected chi connectivity index (χ4v) is 7.87. The normalized spacial score (nSPS) is 22.3. The zero-order valence-electron chi connectivity index (χ0n) is 21.0. The molecule has 0 aromatic heterocycles. The second-order valence-corrected chi connectivity index (χ2v) is 12.8. The number of alkyl halides is 6. The van der Waals surface area contributed by atoms with Crippen molar-refractivity contribution < 1.29 is 54.2 Å². The fourth-order valence-electron chi connectivity index (χ4n) is 4.88. The van der Waals surface area contributed by atoms with Crippen molar-refractivity contribution in [1.29, 1.82) is 0 Å². The Morgan fingerprint density at radius 1 is 0.976 bits per heavy atom. The van der Waals surface area contributed by atoms with Gasteiger partial charge in [0.2, 0.25) is 5.91 Å². The number of thioether (sulfide) groups is 1. The number of hydrogen-bond acceptors (Lipinski definition) is 6. The first-order valence-electron chi connectivity index (χ1n) is 12.4. The van der Waals surface area contributed by atoms with E-state index in [0.717, 1.165) is 40.3 Å². The van der Waals surface area contributed by atoms with Crippen LogP contribution in [0.3, 0.4) is 0 Å². The summed E-state index contributed by atoms with van der Waals surface area (Å²) in [4.78, 5) is 12.2. The van der Waals surface area contributed by atoms with Gasteiger partial charge < -0.3 is 15.5 Å². The Balaban J connectivity index is 1.73. The predicted octanol–water partition coefficient (Wildman–Crippen LogP) is 4.62. The molecular weight excluding hydrogens is 605 g/mol. The van der Waals surface area contributed by atoms with Crippen molar-refractivity contribution in [3.63, 3.8) is 0 Å². The average molecular weight is 631 g/mol. The Hall–Kier alpha value is -2.56. The Morgan fingerprint density at radius 2 is 1.56 bits per heavy atom. The Kier molecular flexibility index (Phi) is 8.62. The molecule has 0 saturated heterocycles. The summed E-state index contributed by atoms with van der Waals surface area (Å²) in [5.41, 5.74) is -7.08. The molecule has 1 heterocycles. The van der Waals surface area contributed by atoms with Gasteiger partial charge >= 0.3 is 12.4 Å². The number of aliphatic hydroxyl groups is 2. The molecule has 1 aliphatic carbocycles. The first kappa shape index (κ1) is 31.4. The van der Waals surface area contributed by atoms with Crippen LogP contribution in [0.4, 0.5) is 36.4 Å². The van der Waals surface area contributed by atoms with E-state index < -0.39 is 68.7 Å². The Bertz CT molecular complexity index is 1360. The van der Waals surface area contributed by atoms with Gasteiger partial charge in [-0.25, -0.2) is 12.8 Å². The van der Waals surface area contributed by atoms with Crippen LogP contribution < -0.4 is 9.62 Å². The van der Waals surface area contributed by atoms with E-state index in [9.17, 15) is 54.2 Å². The van der Waals surface area contributed by atoms with Gasteiger partial charge in [0.05, 0.1) is 22.7 Å². The summed E-state index contributed by atoms with van der Waals surface area (Å²) in [6.45, 7) is 0. The zero-order valence-corrected chi connectivity index (χ0v) is 22.7. The molecule has 4 rings (SSSR count).